The first-order valence-electron chi connectivity index (χ1n) is 5.46. The van der Waals surface area contributed by atoms with Crippen molar-refractivity contribution in [2.75, 3.05) is 0 Å². The Morgan fingerprint density at radius 2 is 1.50 bits per heavy atom. The minimum atomic E-state index is -0.952. The molecule has 0 heterocycles. The van der Waals surface area contributed by atoms with E-state index in [0.29, 0.717) is 5.56 Å². The van der Waals surface area contributed by atoms with Gasteiger partial charge in [-0.15, -0.1) is 0 Å². The van der Waals surface area contributed by atoms with E-state index in [1.165, 1.54) is 43.3 Å². The number of nitrogens with two attached hydrogens (primary N) is 1. The lowest BCUT2D eigenvalue weighted by molar-refractivity contribution is 0.489. The number of aryl methyl sites for hydroxylation is 1. The third kappa shape index (κ3) is 2.24. The van der Waals surface area contributed by atoms with Crippen molar-refractivity contribution in [1.82, 2.24) is 0 Å². The van der Waals surface area contributed by atoms with Crippen molar-refractivity contribution in [2.24, 2.45) is 5.73 Å². The summed E-state index contributed by atoms with van der Waals surface area (Å²) >= 11 is 0. The van der Waals surface area contributed by atoms with Gasteiger partial charge in [0, 0.05) is 5.56 Å². The second-order valence-electron chi connectivity index (χ2n) is 4.13. The molecule has 0 amide bonds. The quantitative estimate of drug-likeness (QED) is 0.869. The third-order valence-corrected chi connectivity index (χ3v) is 2.87. The van der Waals surface area contributed by atoms with Gasteiger partial charge in [0.05, 0.1) is 6.04 Å². The van der Waals surface area contributed by atoms with Gasteiger partial charge in [0.1, 0.15) is 5.82 Å². The standard InChI is InChI=1S/C14H12F3N/c1-8-2-7-11(13(17)12(8)16)14(18)9-3-5-10(15)6-4-9/h2-7,14H,18H2,1H3. The largest absolute Gasteiger partial charge is 0.320 e. The van der Waals surface area contributed by atoms with Crippen LogP contribution >= 0.6 is 0 Å². The fourth-order valence-electron chi connectivity index (χ4n) is 1.75. The molecule has 0 fully saturated rings. The second-order valence-corrected chi connectivity index (χ2v) is 4.13. The van der Waals surface area contributed by atoms with E-state index < -0.39 is 23.5 Å². The average Bonchev–Trinajstić information content (AvgIpc) is 2.36. The summed E-state index contributed by atoms with van der Waals surface area (Å²) in [5, 5.41) is 0. The highest BCUT2D eigenvalue weighted by molar-refractivity contribution is 5.34. The summed E-state index contributed by atoms with van der Waals surface area (Å²) in [6, 6.07) is 7.48. The molecule has 0 aliphatic rings. The topological polar surface area (TPSA) is 26.0 Å². The molecule has 2 aromatic rings. The van der Waals surface area contributed by atoms with Gasteiger partial charge in [-0.2, -0.15) is 0 Å². The average molecular weight is 251 g/mol. The molecule has 1 nitrogen and oxygen atoms in total. The van der Waals surface area contributed by atoms with Crippen LogP contribution in [0.3, 0.4) is 0 Å². The van der Waals surface area contributed by atoms with E-state index in [4.69, 9.17) is 5.73 Å². The number of hydrogen-bond donors (Lipinski definition) is 1. The lowest BCUT2D eigenvalue weighted by atomic mass is 9.98. The Morgan fingerprint density at radius 1 is 0.889 bits per heavy atom. The highest BCUT2D eigenvalue weighted by Gasteiger charge is 2.17. The Bertz CT molecular complexity index is 564. The summed E-state index contributed by atoms with van der Waals surface area (Å²) in [5.41, 5.74) is 6.67. The maximum Gasteiger partial charge on any atom is 0.164 e. The number of benzene rings is 2. The monoisotopic (exact) mass is 251 g/mol. The van der Waals surface area contributed by atoms with E-state index >= 15 is 0 Å². The van der Waals surface area contributed by atoms with E-state index in [1.807, 2.05) is 0 Å². The summed E-state index contributed by atoms with van der Waals surface area (Å²) in [4.78, 5) is 0. The molecule has 18 heavy (non-hydrogen) atoms. The van der Waals surface area contributed by atoms with E-state index in [0.717, 1.165) is 0 Å². The normalized spacial score (nSPS) is 12.5. The molecule has 1 unspecified atom stereocenters. The number of rotatable bonds is 2. The van der Waals surface area contributed by atoms with Gasteiger partial charge in [-0.3, -0.25) is 0 Å². The van der Waals surface area contributed by atoms with Crippen molar-refractivity contribution < 1.29 is 13.2 Å². The van der Waals surface area contributed by atoms with Gasteiger partial charge in [0.15, 0.2) is 11.6 Å². The molecule has 2 rings (SSSR count). The van der Waals surface area contributed by atoms with Crippen LogP contribution < -0.4 is 5.73 Å². The molecule has 0 bridgehead atoms. The molecule has 0 aromatic heterocycles. The van der Waals surface area contributed by atoms with Crippen LogP contribution in [0.1, 0.15) is 22.7 Å². The molecule has 2 aromatic carbocycles. The molecule has 2 N–H and O–H groups in total. The van der Waals surface area contributed by atoms with Crippen molar-refractivity contribution in [2.45, 2.75) is 13.0 Å². The molecule has 94 valence electrons. The Hall–Kier alpha value is -1.81. The molecule has 0 radical (unpaired) electrons. The van der Waals surface area contributed by atoms with Gasteiger partial charge in [-0.1, -0.05) is 24.3 Å². The van der Waals surface area contributed by atoms with Gasteiger partial charge in [-0.05, 0) is 30.2 Å². The molecule has 4 heteroatoms. The molecule has 0 saturated carbocycles. The summed E-state index contributed by atoms with van der Waals surface area (Å²) < 4.78 is 40.0. The van der Waals surface area contributed by atoms with Crippen LogP contribution in [0.2, 0.25) is 0 Å². The maximum absolute atomic E-state index is 13.7. The Morgan fingerprint density at radius 3 is 2.11 bits per heavy atom. The molecule has 0 aliphatic carbocycles. The summed E-state index contributed by atoms with van der Waals surface area (Å²) in [5.74, 6) is -2.25. The Balaban J connectivity index is 2.43. The zero-order chi connectivity index (χ0) is 13.3. The van der Waals surface area contributed by atoms with Gasteiger partial charge in [0.2, 0.25) is 0 Å². The van der Waals surface area contributed by atoms with Gasteiger partial charge >= 0.3 is 0 Å². The predicted octanol–water partition coefficient (Wildman–Crippen LogP) is 3.46. The zero-order valence-electron chi connectivity index (χ0n) is 9.75. The van der Waals surface area contributed by atoms with Crippen molar-refractivity contribution in [3.05, 3.63) is 70.5 Å². The lowest BCUT2D eigenvalue weighted by Crippen LogP contribution is -2.14. The molecule has 0 saturated heterocycles. The van der Waals surface area contributed by atoms with Crippen LogP contribution in [-0.2, 0) is 0 Å². The SMILES string of the molecule is Cc1ccc(C(N)c2ccc(F)cc2)c(F)c1F. The highest BCUT2D eigenvalue weighted by Crippen LogP contribution is 2.25. The minimum Gasteiger partial charge on any atom is -0.320 e. The van der Waals surface area contributed by atoms with Crippen LogP contribution in [0.4, 0.5) is 13.2 Å². The van der Waals surface area contributed by atoms with Gasteiger partial charge < -0.3 is 5.73 Å². The predicted molar refractivity (Wildman–Crippen MR) is 63.5 cm³/mol. The Labute approximate surface area is 103 Å². The Kier molecular flexibility index (Phi) is 3.39. The fourth-order valence-corrected chi connectivity index (χ4v) is 1.75. The molecule has 1 atom stereocenters. The van der Waals surface area contributed by atoms with E-state index in [1.54, 1.807) is 0 Å². The van der Waals surface area contributed by atoms with E-state index in [2.05, 4.69) is 0 Å². The number of hydrogen-bond acceptors (Lipinski definition) is 1. The zero-order valence-corrected chi connectivity index (χ0v) is 9.75. The maximum atomic E-state index is 13.7. The van der Waals surface area contributed by atoms with Gasteiger partial charge in [-0.25, -0.2) is 13.2 Å². The first kappa shape index (κ1) is 12.6. The molecular formula is C14H12F3N. The summed E-state index contributed by atoms with van der Waals surface area (Å²) in [6.07, 6.45) is 0. The third-order valence-electron chi connectivity index (χ3n) is 2.87. The van der Waals surface area contributed by atoms with Crippen molar-refractivity contribution in [3.8, 4) is 0 Å². The van der Waals surface area contributed by atoms with Gasteiger partial charge in [0.25, 0.3) is 0 Å². The van der Waals surface area contributed by atoms with E-state index in [9.17, 15) is 13.2 Å². The summed E-state index contributed by atoms with van der Waals surface area (Å²) in [7, 11) is 0. The van der Waals surface area contributed by atoms with Crippen LogP contribution in [0.5, 0.6) is 0 Å². The minimum absolute atomic E-state index is 0.0599. The highest BCUT2D eigenvalue weighted by atomic mass is 19.2. The molecule has 0 spiro atoms. The molecular weight excluding hydrogens is 239 g/mol. The molecule has 0 aliphatic heterocycles. The fraction of sp³-hybridized carbons (Fsp3) is 0.143. The van der Waals surface area contributed by atoms with Crippen molar-refractivity contribution >= 4 is 0 Å². The smallest absolute Gasteiger partial charge is 0.164 e. The van der Waals surface area contributed by atoms with Crippen LogP contribution in [0.25, 0.3) is 0 Å². The van der Waals surface area contributed by atoms with Crippen LogP contribution in [0.15, 0.2) is 36.4 Å². The van der Waals surface area contributed by atoms with Crippen molar-refractivity contribution in [1.29, 1.82) is 0 Å². The first-order valence-corrected chi connectivity index (χ1v) is 5.46. The first-order chi connectivity index (χ1) is 8.50. The van der Waals surface area contributed by atoms with E-state index in [-0.39, 0.29) is 11.1 Å². The van der Waals surface area contributed by atoms with Crippen molar-refractivity contribution in [3.63, 3.8) is 0 Å². The second kappa shape index (κ2) is 4.82. The summed E-state index contributed by atoms with van der Waals surface area (Å²) in [6.45, 7) is 1.48. The number of halogens is 3. The lowest BCUT2D eigenvalue weighted by Gasteiger charge is -2.14. The van der Waals surface area contributed by atoms with Crippen LogP contribution in [0, 0.1) is 24.4 Å². The van der Waals surface area contributed by atoms with Crippen LogP contribution in [-0.4, -0.2) is 0 Å².